The molecule has 2 rings (SSSR count). The van der Waals surface area contributed by atoms with Gasteiger partial charge in [-0.05, 0) is 49.9 Å². The summed E-state index contributed by atoms with van der Waals surface area (Å²) >= 11 is 1.06. The van der Waals surface area contributed by atoms with E-state index in [2.05, 4.69) is 5.32 Å². The van der Waals surface area contributed by atoms with Crippen molar-refractivity contribution < 1.29 is 13.2 Å². The Labute approximate surface area is 120 Å². The quantitative estimate of drug-likeness (QED) is 0.889. The SMILES string of the molecule is CNC(C)c1ccc(Sc2ccc(F)c(F)c2)c(F)c1. The summed E-state index contributed by atoms with van der Waals surface area (Å²) in [4.78, 5) is 0.834. The van der Waals surface area contributed by atoms with E-state index in [1.807, 2.05) is 13.0 Å². The molecule has 0 amide bonds. The van der Waals surface area contributed by atoms with E-state index in [0.717, 1.165) is 29.5 Å². The number of hydrogen-bond acceptors (Lipinski definition) is 2. The summed E-state index contributed by atoms with van der Waals surface area (Å²) in [5.41, 5.74) is 0.833. The maximum absolute atomic E-state index is 14.0. The molecule has 2 aromatic carbocycles. The van der Waals surface area contributed by atoms with Crippen molar-refractivity contribution in [2.24, 2.45) is 0 Å². The summed E-state index contributed by atoms with van der Waals surface area (Å²) in [6.07, 6.45) is 0. The molecule has 1 nitrogen and oxygen atoms in total. The van der Waals surface area contributed by atoms with E-state index in [4.69, 9.17) is 0 Å². The number of halogens is 3. The largest absolute Gasteiger partial charge is 0.313 e. The van der Waals surface area contributed by atoms with E-state index in [9.17, 15) is 13.2 Å². The van der Waals surface area contributed by atoms with Crippen LogP contribution in [-0.2, 0) is 0 Å². The van der Waals surface area contributed by atoms with Gasteiger partial charge in [-0.1, -0.05) is 17.8 Å². The Morgan fingerprint density at radius 3 is 2.30 bits per heavy atom. The van der Waals surface area contributed by atoms with Gasteiger partial charge in [-0.2, -0.15) is 0 Å². The Bertz CT molecular complexity index is 616. The average molecular weight is 297 g/mol. The molecule has 0 radical (unpaired) electrons. The van der Waals surface area contributed by atoms with Crippen LogP contribution < -0.4 is 5.32 Å². The Kier molecular flexibility index (Phi) is 4.73. The summed E-state index contributed by atoms with van der Waals surface area (Å²) in [6.45, 7) is 1.93. The number of hydrogen-bond donors (Lipinski definition) is 1. The smallest absolute Gasteiger partial charge is 0.159 e. The van der Waals surface area contributed by atoms with Crippen molar-refractivity contribution in [1.29, 1.82) is 0 Å². The van der Waals surface area contributed by atoms with E-state index in [0.29, 0.717) is 9.79 Å². The normalized spacial score (nSPS) is 12.4. The third kappa shape index (κ3) is 3.35. The molecule has 0 aliphatic rings. The highest BCUT2D eigenvalue weighted by Crippen LogP contribution is 2.31. The fourth-order valence-corrected chi connectivity index (χ4v) is 2.55. The number of nitrogens with one attached hydrogen (secondary N) is 1. The summed E-state index contributed by atoms with van der Waals surface area (Å²) in [6, 6.07) is 8.47. The molecule has 2 aromatic rings. The summed E-state index contributed by atoms with van der Waals surface area (Å²) in [5.74, 6) is -2.22. The topological polar surface area (TPSA) is 12.0 Å². The van der Waals surface area contributed by atoms with Gasteiger partial charge in [0.25, 0.3) is 0 Å². The molecule has 0 fully saturated rings. The molecule has 1 N–H and O–H groups in total. The van der Waals surface area contributed by atoms with E-state index in [-0.39, 0.29) is 11.9 Å². The maximum Gasteiger partial charge on any atom is 0.159 e. The molecule has 0 bridgehead atoms. The molecule has 0 aromatic heterocycles. The number of benzene rings is 2. The molecule has 106 valence electrons. The van der Waals surface area contributed by atoms with Gasteiger partial charge in [-0.3, -0.25) is 0 Å². The van der Waals surface area contributed by atoms with E-state index < -0.39 is 11.6 Å². The molecule has 0 spiro atoms. The zero-order valence-corrected chi connectivity index (χ0v) is 11.9. The second-order valence-corrected chi connectivity index (χ2v) is 5.49. The molecular weight excluding hydrogens is 283 g/mol. The number of rotatable bonds is 4. The van der Waals surface area contributed by atoms with Gasteiger partial charge in [0, 0.05) is 15.8 Å². The van der Waals surface area contributed by atoms with Gasteiger partial charge in [0.1, 0.15) is 5.82 Å². The summed E-state index contributed by atoms with van der Waals surface area (Å²) in [7, 11) is 1.80. The van der Waals surface area contributed by atoms with Gasteiger partial charge in [0.15, 0.2) is 11.6 Å². The lowest BCUT2D eigenvalue weighted by molar-refractivity contribution is 0.506. The lowest BCUT2D eigenvalue weighted by atomic mass is 10.1. The van der Waals surface area contributed by atoms with Crippen LogP contribution in [0, 0.1) is 17.5 Å². The van der Waals surface area contributed by atoms with Crippen molar-refractivity contribution in [2.45, 2.75) is 22.8 Å². The fourth-order valence-electron chi connectivity index (χ4n) is 1.70. The Hall–Kier alpha value is -1.46. The van der Waals surface area contributed by atoms with Crippen LogP contribution >= 0.6 is 11.8 Å². The monoisotopic (exact) mass is 297 g/mol. The Morgan fingerprint density at radius 2 is 1.70 bits per heavy atom. The third-order valence-corrected chi connectivity index (χ3v) is 4.05. The minimum atomic E-state index is -0.934. The molecule has 0 heterocycles. The predicted molar refractivity (Wildman–Crippen MR) is 74.4 cm³/mol. The first-order chi connectivity index (χ1) is 9.51. The van der Waals surface area contributed by atoms with Crippen molar-refractivity contribution in [3.05, 3.63) is 59.4 Å². The molecule has 20 heavy (non-hydrogen) atoms. The Balaban J connectivity index is 2.23. The highest BCUT2D eigenvalue weighted by molar-refractivity contribution is 7.99. The average Bonchev–Trinajstić information content (AvgIpc) is 2.44. The molecular formula is C15H14F3NS. The zero-order chi connectivity index (χ0) is 14.7. The van der Waals surface area contributed by atoms with E-state index in [1.165, 1.54) is 12.1 Å². The first-order valence-corrected chi connectivity index (χ1v) is 6.92. The summed E-state index contributed by atoms with van der Waals surface area (Å²) < 4.78 is 39.9. The van der Waals surface area contributed by atoms with E-state index >= 15 is 0 Å². The van der Waals surface area contributed by atoms with Crippen molar-refractivity contribution in [3.8, 4) is 0 Å². The van der Waals surface area contributed by atoms with Gasteiger partial charge < -0.3 is 5.32 Å². The van der Waals surface area contributed by atoms with Crippen molar-refractivity contribution >= 4 is 11.8 Å². The second-order valence-electron chi connectivity index (χ2n) is 4.38. The van der Waals surface area contributed by atoms with Crippen molar-refractivity contribution in [2.75, 3.05) is 7.05 Å². The van der Waals surface area contributed by atoms with Crippen LogP contribution in [0.3, 0.4) is 0 Å². The molecule has 1 unspecified atom stereocenters. The third-order valence-electron chi connectivity index (χ3n) is 3.01. The highest BCUT2D eigenvalue weighted by atomic mass is 32.2. The van der Waals surface area contributed by atoms with Crippen molar-refractivity contribution in [3.63, 3.8) is 0 Å². The lowest BCUT2D eigenvalue weighted by Gasteiger charge is -2.12. The zero-order valence-electron chi connectivity index (χ0n) is 11.1. The van der Waals surface area contributed by atoms with Crippen LogP contribution in [0.15, 0.2) is 46.2 Å². The van der Waals surface area contributed by atoms with Crippen molar-refractivity contribution in [1.82, 2.24) is 5.32 Å². The fraction of sp³-hybridized carbons (Fsp3) is 0.200. The minimum Gasteiger partial charge on any atom is -0.313 e. The molecule has 0 aliphatic carbocycles. The highest BCUT2D eigenvalue weighted by Gasteiger charge is 2.10. The van der Waals surface area contributed by atoms with Crippen LogP contribution in [0.25, 0.3) is 0 Å². The molecule has 5 heteroatoms. The predicted octanol–water partition coefficient (Wildman–Crippen LogP) is 4.54. The lowest BCUT2D eigenvalue weighted by Crippen LogP contribution is -2.12. The van der Waals surface area contributed by atoms with Crippen LogP contribution in [0.2, 0.25) is 0 Å². The van der Waals surface area contributed by atoms with Crippen LogP contribution in [0.5, 0.6) is 0 Å². The van der Waals surface area contributed by atoms with Gasteiger partial charge in [-0.15, -0.1) is 0 Å². The maximum atomic E-state index is 14.0. The van der Waals surface area contributed by atoms with Gasteiger partial charge in [0.2, 0.25) is 0 Å². The van der Waals surface area contributed by atoms with Gasteiger partial charge in [0.05, 0.1) is 0 Å². The second kappa shape index (κ2) is 6.33. The first-order valence-electron chi connectivity index (χ1n) is 6.11. The van der Waals surface area contributed by atoms with Crippen LogP contribution in [-0.4, -0.2) is 7.05 Å². The van der Waals surface area contributed by atoms with E-state index in [1.54, 1.807) is 13.1 Å². The first kappa shape index (κ1) is 14.9. The Morgan fingerprint density at radius 1 is 0.950 bits per heavy atom. The standard InChI is InChI=1S/C15H14F3NS/c1-9(19-2)10-3-6-15(14(18)7-10)20-11-4-5-12(16)13(17)8-11/h3-9,19H,1-2H3. The molecule has 0 saturated heterocycles. The summed E-state index contributed by atoms with van der Waals surface area (Å²) in [5, 5.41) is 3.03. The van der Waals surface area contributed by atoms with Gasteiger partial charge in [-0.25, -0.2) is 13.2 Å². The van der Waals surface area contributed by atoms with Crippen LogP contribution in [0.1, 0.15) is 18.5 Å². The van der Waals surface area contributed by atoms with Crippen LogP contribution in [0.4, 0.5) is 13.2 Å². The molecule has 0 saturated carbocycles. The van der Waals surface area contributed by atoms with Gasteiger partial charge >= 0.3 is 0 Å². The molecule has 0 aliphatic heterocycles. The molecule has 1 atom stereocenters. The minimum absolute atomic E-state index is 0.0480.